The number of ketones is 1. The van der Waals surface area contributed by atoms with E-state index in [4.69, 9.17) is 5.11 Å². The minimum Gasteiger partial charge on any atom is -0.480 e. The van der Waals surface area contributed by atoms with Crippen molar-refractivity contribution in [1.29, 1.82) is 0 Å². The van der Waals surface area contributed by atoms with Crippen LogP contribution in [0.3, 0.4) is 0 Å². The summed E-state index contributed by atoms with van der Waals surface area (Å²) in [4.78, 5) is 44.0. The summed E-state index contributed by atoms with van der Waals surface area (Å²) < 4.78 is 0. The zero-order chi connectivity index (χ0) is 14.8. The predicted molar refractivity (Wildman–Crippen MR) is 71.0 cm³/mol. The molecule has 2 amide bonds. The van der Waals surface area contributed by atoms with Crippen molar-refractivity contribution < 1.29 is 24.3 Å². The van der Waals surface area contributed by atoms with Gasteiger partial charge in [-0.2, -0.15) is 12.6 Å². The molecule has 1 unspecified atom stereocenters. The summed E-state index contributed by atoms with van der Waals surface area (Å²) in [5.74, 6) is -2.08. The molecule has 0 spiro atoms. The maximum absolute atomic E-state index is 11.5. The number of Topliss-reactive ketones (excluding diaryl/α,β-unsaturated/α-hetero) is 1. The molecule has 3 N–H and O–H groups in total. The Labute approximate surface area is 116 Å². The molecule has 108 valence electrons. The molecule has 0 radical (unpaired) electrons. The average molecular weight is 290 g/mol. The van der Waals surface area contributed by atoms with Gasteiger partial charge in [-0.3, -0.25) is 14.4 Å². The lowest BCUT2D eigenvalue weighted by molar-refractivity contribution is -0.138. The van der Waals surface area contributed by atoms with Gasteiger partial charge in [-0.15, -0.1) is 0 Å². The van der Waals surface area contributed by atoms with Crippen LogP contribution in [0.1, 0.15) is 26.2 Å². The number of hydrogen-bond donors (Lipinski definition) is 4. The normalized spacial score (nSPS) is 11.5. The lowest BCUT2D eigenvalue weighted by atomic mass is 10.2. The molecule has 0 aliphatic carbocycles. The zero-order valence-electron chi connectivity index (χ0n) is 10.6. The highest BCUT2D eigenvalue weighted by atomic mass is 32.1. The van der Waals surface area contributed by atoms with E-state index in [1.165, 1.54) is 6.92 Å². The third kappa shape index (κ3) is 9.06. The van der Waals surface area contributed by atoms with Gasteiger partial charge in [-0.1, -0.05) is 0 Å². The number of amides is 2. The quantitative estimate of drug-likeness (QED) is 0.422. The van der Waals surface area contributed by atoms with Gasteiger partial charge >= 0.3 is 5.97 Å². The molecule has 0 saturated carbocycles. The summed E-state index contributed by atoms with van der Waals surface area (Å²) >= 11 is 3.92. The van der Waals surface area contributed by atoms with Crippen molar-refractivity contribution in [2.24, 2.45) is 0 Å². The molecule has 0 rings (SSSR count). The summed E-state index contributed by atoms with van der Waals surface area (Å²) in [6.07, 6.45) is 0.859. The molecule has 0 fully saturated rings. The van der Waals surface area contributed by atoms with Gasteiger partial charge in [0, 0.05) is 18.6 Å². The number of thiol groups is 1. The van der Waals surface area contributed by atoms with Gasteiger partial charge in [0.05, 0.1) is 0 Å². The number of carbonyl (C=O) groups is 4. The van der Waals surface area contributed by atoms with Crippen LogP contribution >= 0.6 is 12.6 Å². The van der Waals surface area contributed by atoms with Crippen LogP contribution < -0.4 is 10.6 Å². The highest BCUT2D eigenvalue weighted by molar-refractivity contribution is 7.80. The van der Waals surface area contributed by atoms with E-state index in [0.717, 1.165) is 0 Å². The predicted octanol–water partition coefficient (Wildman–Crippen LogP) is -0.639. The smallest absolute Gasteiger partial charge is 0.322 e. The summed E-state index contributed by atoms with van der Waals surface area (Å²) in [6.45, 7) is 0.928. The Morgan fingerprint density at radius 1 is 1.21 bits per heavy atom. The van der Waals surface area contributed by atoms with Crippen LogP contribution in [0.5, 0.6) is 0 Å². The molecular formula is C11H18N2O5S. The SMILES string of the molecule is CC(=O)CCCC(=O)NC(CS)C(=O)NCC(=O)O. The molecule has 0 aliphatic heterocycles. The lowest BCUT2D eigenvalue weighted by Crippen LogP contribution is -2.48. The van der Waals surface area contributed by atoms with E-state index in [1.54, 1.807) is 0 Å². The fraction of sp³-hybridized carbons (Fsp3) is 0.636. The molecule has 0 aliphatic rings. The fourth-order valence-electron chi connectivity index (χ4n) is 1.24. The molecule has 7 nitrogen and oxygen atoms in total. The van der Waals surface area contributed by atoms with Crippen molar-refractivity contribution >= 4 is 36.2 Å². The maximum atomic E-state index is 11.5. The molecular weight excluding hydrogens is 272 g/mol. The van der Waals surface area contributed by atoms with E-state index < -0.39 is 24.5 Å². The molecule has 0 heterocycles. The maximum Gasteiger partial charge on any atom is 0.322 e. The second-order valence-corrected chi connectivity index (χ2v) is 4.33. The van der Waals surface area contributed by atoms with Crippen LogP contribution in [0.2, 0.25) is 0 Å². The molecule has 0 aromatic carbocycles. The average Bonchev–Trinajstić information content (AvgIpc) is 2.32. The monoisotopic (exact) mass is 290 g/mol. The second-order valence-electron chi connectivity index (χ2n) is 3.97. The first-order valence-electron chi connectivity index (χ1n) is 5.76. The van der Waals surface area contributed by atoms with Crippen molar-refractivity contribution in [3.8, 4) is 0 Å². The molecule has 0 aromatic rings. The van der Waals surface area contributed by atoms with Crippen molar-refractivity contribution in [2.75, 3.05) is 12.3 Å². The van der Waals surface area contributed by atoms with Crippen molar-refractivity contribution in [3.05, 3.63) is 0 Å². The Morgan fingerprint density at radius 3 is 2.32 bits per heavy atom. The first-order chi connectivity index (χ1) is 8.86. The first kappa shape index (κ1) is 17.4. The van der Waals surface area contributed by atoms with E-state index >= 15 is 0 Å². The number of hydrogen-bond acceptors (Lipinski definition) is 5. The number of carboxylic acids is 1. The first-order valence-corrected chi connectivity index (χ1v) is 6.39. The van der Waals surface area contributed by atoms with Crippen LogP contribution in [0.15, 0.2) is 0 Å². The summed E-state index contributed by atoms with van der Waals surface area (Å²) in [6, 6.07) is -0.882. The molecule has 1 atom stereocenters. The zero-order valence-corrected chi connectivity index (χ0v) is 11.5. The van der Waals surface area contributed by atoms with Crippen LogP contribution in [0, 0.1) is 0 Å². The molecule has 19 heavy (non-hydrogen) atoms. The van der Waals surface area contributed by atoms with Crippen molar-refractivity contribution in [1.82, 2.24) is 10.6 Å². The largest absolute Gasteiger partial charge is 0.480 e. The highest BCUT2D eigenvalue weighted by Crippen LogP contribution is 1.98. The Kier molecular flexibility index (Phi) is 8.60. The fourth-order valence-corrected chi connectivity index (χ4v) is 1.50. The molecule has 0 saturated heterocycles. The highest BCUT2D eigenvalue weighted by Gasteiger charge is 2.19. The second kappa shape index (κ2) is 9.37. The number of rotatable bonds is 9. The Morgan fingerprint density at radius 2 is 1.84 bits per heavy atom. The third-order valence-corrected chi connectivity index (χ3v) is 2.55. The van der Waals surface area contributed by atoms with Gasteiger partial charge < -0.3 is 20.5 Å². The Balaban J connectivity index is 4.09. The van der Waals surface area contributed by atoms with Crippen LogP contribution in [0.4, 0.5) is 0 Å². The number of carbonyl (C=O) groups excluding carboxylic acids is 3. The standard InChI is InChI=1S/C11H18N2O5S/c1-7(14)3-2-4-9(15)13-8(6-19)11(18)12-5-10(16)17/h8,19H,2-6H2,1H3,(H,12,18)(H,13,15)(H,16,17). The van der Waals surface area contributed by atoms with Gasteiger partial charge in [0.2, 0.25) is 11.8 Å². The van der Waals surface area contributed by atoms with Crippen molar-refractivity contribution in [2.45, 2.75) is 32.2 Å². The van der Waals surface area contributed by atoms with Crippen molar-refractivity contribution in [3.63, 3.8) is 0 Å². The van der Waals surface area contributed by atoms with Gasteiger partial charge in [-0.25, -0.2) is 0 Å². The van der Waals surface area contributed by atoms with E-state index in [9.17, 15) is 19.2 Å². The Hall–Kier alpha value is -1.57. The molecule has 8 heteroatoms. The van der Waals surface area contributed by atoms with Crippen LogP contribution in [-0.2, 0) is 19.2 Å². The van der Waals surface area contributed by atoms with Gasteiger partial charge in [0.25, 0.3) is 0 Å². The summed E-state index contributed by atoms with van der Waals surface area (Å²) in [7, 11) is 0. The molecule has 0 aromatic heterocycles. The van der Waals surface area contributed by atoms with Crippen LogP contribution in [-0.4, -0.2) is 47.0 Å². The topological polar surface area (TPSA) is 113 Å². The van der Waals surface area contributed by atoms with E-state index in [0.29, 0.717) is 12.8 Å². The minimum absolute atomic E-state index is 0.00209. The van der Waals surface area contributed by atoms with Gasteiger partial charge in [-0.05, 0) is 13.3 Å². The molecule has 0 bridgehead atoms. The lowest BCUT2D eigenvalue weighted by Gasteiger charge is -2.15. The number of aliphatic carboxylic acids is 1. The minimum atomic E-state index is -1.17. The van der Waals surface area contributed by atoms with Crippen LogP contribution in [0.25, 0.3) is 0 Å². The van der Waals surface area contributed by atoms with E-state index in [1.807, 2.05) is 0 Å². The van der Waals surface area contributed by atoms with E-state index in [-0.39, 0.29) is 23.9 Å². The van der Waals surface area contributed by atoms with E-state index in [2.05, 4.69) is 23.3 Å². The Bertz CT molecular complexity index is 359. The van der Waals surface area contributed by atoms with Gasteiger partial charge in [0.15, 0.2) is 0 Å². The number of carboxylic acid groups (broad SMARTS) is 1. The number of nitrogens with one attached hydrogen (secondary N) is 2. The summed E-state index contributed by atoms with van der Waals surface area (Å²) in [5.41, 5.74) is 0. The van der Waals surface area contributed by atoms with Gasteiger partial charge in [0.1, 0.15) is 18.4 Å². The summed E-state index contributed by atoms with van der Waals surface area (Å²) in [5, 5.41) is 13.0. The third-order valence-electron chi connectivity index (χ3n) is 2.18.